The quantitative estimate of drug-likeness (QED) is 0.809. The maximum Gasteiger partial charge on any atom is 0.171 e. The molecule has 1 N–H and O–H groups in total. The van der Waals surface area contributed by atoms with Gasteiger partial charge >= 0.3 is 0 Å². The predicted molar refractivity (Wildman–Crippen MR) is 79.2 cm³/mol. The van der Waals surface area contributed by atoms with E-state index in [1.807, 2.05) is 0 Å². The Balaban J connectivity index is 1.55. The van der Waals surface area contributed by atoms with E-state index in [4.69, 9.17) is 18.9 Å². The third-order valence-electron chi connectivity index (χ3n) is 4.84. The molecule has 0 radical (unpaired) electrons. The summed E-state index contributed by atoms with van der Waals surface area (Å²) in [6.45, 7) is 7.21. The van der Waals surface area contributed by atoms with E-state index >= 15 is 0 Å². The van der Waals surface area contributed by atoms with E-state index in [1.165, 1.54) is 0 Å². The number of hydrogen-bond acceptors (Lipinski definition) is 5. The van der Waals surface area contributed by atoms with Crippen LogP contribution >= 0.6 is 0 Å². The molecule has 0 amide bonds. The molecule has 1 saturated carbocycles. The molecule has 3 unspecified atom stereocenters. The highest BCUT2D eigenvalue weighted by Gasteiger charge is 2.45. The van der Waals surface area contributed by atoms with Crippen molar-refractivity contribution in [2.75, 3.05) is 39.6 Å². The summed E-state index contributed by atoms with van der Waals surface area (Å²) in [5, 5.41) is 3.64. The molecular weight excluding hydrogens is 270 g/mol. The molecule has 3 rings (SSSR count). The fraction of sp³-hybridized carbons (Fsp3) is 1.00. The van der Waals surface area contributed by atoms with Gasteiger partial charge in [0.2, 0.25) is 0 Å². The summed E-state index contributed by atoms with van der Waals surface area (Å²) in [4.78, 5) is 0. The molecule has 1 aliphatic carbocycles. The Kier molecular flexibility index (Phi) is 5.51. The Morgan fingerprint density at radius 2 is 2.05 bits per heavy atom. The molecule has 2 aliphatic heterocycles. The van der Waals surface area contributed by atoms with Crippen molar-refractivity contribution in [1.82, 2.24) is 5.32 Å². The Labute approximate surface area is 127 Å². The van der Waals surface area contributed by atoms with Crippen LogP contribution in [0.3, 0.4) is 0 Å². The molecule has 0 aromatic carbocycles. The van der Waals surface area contributed by atoms with Crippen LogP contribution in [0.4, 0.5) is 0 Å². The van der Waals surface area contributed by atoms with Crippen LogP contribution in [0.1, 0.15) is 39.0 Å². The molecule has 0 aromatic rings. The van der Waals surface area contributed by atoms with Gasteiger partial charge < -0.3 is 24.3 Å². The van der Waals surface area contributed by atoms with Gasteiger partial charge in [-0.05, 0) is 25.8 Å². The van der Waals surface area contributed by atoms with Crippen LogP contribution in [0.5, 0.6) is 0 Å². The lowest BCUT2D eigenvalue weighted by molar-refractivity contribution is -0.208. The van der Waals surface area contributed by atoms with Gasteiger partial charge in [-0.3, -0.25) is 0 Å². The van der Waals surface area contributed by atoms with Crippen molar-refractivity contribution in [3.05, 3.63) is 0 Å². The van der Waals surface area contributed by atoms with Crippen molar-refractivity contribution in [2.45, 2.75) is 57.0 Å². The van der Waals surface area contributed by atoms with Crippen molar-refractivity contribution in [3.8, 4) is 0 Å². The van der Waals surface area contributed by atoms with Gasteiger partial charge in [0.1, 0.15) is 0 Å². The predicted octanol–water partition coefficient (Wildman–Crippen LogP) is 1.70. The lowest BCUT2D eigenvalue weighted by atomic mass is 9.87. The average molecular weight is 299 g/mol. The largest absolute Gasteiger partial charge is 0.381 e. The summed E-state index contributed by atoms with van der Waals surface area (Å²) >= 11 is 0. The molecule has 122 valence electrons. The van der Waals surface area contributed by atoms with E-state index in [1.54, 1.807) is 0 Å². The molecule has 21 heavy (non-hydrogen) atoms. The summed E-state index contributed by atoms with van der Waals surface area (Å²) in [6.07, 6.45) is 5.34. The Morgan fingerprint density at radius 1 is 1.19 bits per heavy atom. The zero-order valence-electron chi connectivity index (χ0n) is 13.1. The first-order chi connectivity index (χ1) is 10.3. The average Bonchev–Trinajstić information content (AvgIpc) is 3.16. The maximum atomic E-state index is 6.26. The molecule has 3 fully saturated rings. The molecule has 2 saturated heterocycles. The van der Waals surface area contributed by atoms with Gasteiger partial charge in [0.15, 0.2) is 5.79 Å². The monoisotopic (exact) mass is 299 g/mol. The van der Waals surface area contributed by atoms with Crippen LogP contribution in [-0.4, -0.2) is 57.5 Å². The Bertz CT molecular complexity index is 313. The molecular formula is C16H29NO4. The number of nitrogens with one attached hydrogen (secondary N) is 1. The second kappa shape index (κ2) is 7.38. The third-order valence-corrected chi connectivity index (χ3v) is 4.84. The Hall–Kier alpha value is -0.200. The molecule has 5 nitrogen and oxygen atoms in total. The van der Waals surface area contributed by atoms with Gasteiger partial charge in [-0.25, -0.2) is 0 Å². The normalized spacial score (nSPS) is 35.6. The highest BCUT2D eigenvalue weighted by molar-refractivity contribution is 4.92. The maximum absolute atomic E-state index is 6.26. The van der Waals surface area contributed by atoms with Gasteiger partial charge in [0.05, 0.1) is 32.5 Å². The minimum Gasteiger partial charge on any atom is -0.381 e. The van der Waals surface area contributed by atoms with Gasteiger partial charge in [-0.15, -0.1) is 0 Å². The van der Waals surface area contributed by atoms with Gasteiger partial charge in [0.25, 0.3) is 0 Å². The minimum absolute atomic E-state index is 0.184. The highest BCUT2D eigenvalue weighted by Crippen LogP contribution is 2.37. The zero-order valence-corrected chi connectivity index (χ0v) is 13.1. The molecule has 1 spiro atoms. The van der Waals surface area contributed by atoms with Gasteiger partial charge in [0, 0.05) is 31.4 Å². The number of rotatable bonds is 6. The molecule has 0 bridgehead atoms. The Morgan fingerprint density at radius 3 is 2.76 bits per heavy atom. The molecule has 2 heterocycles. The molecule has 5 heteroatoms. The van der Waals surface area contributed by atoms with Crippen LogP contribution in [0.2, 0.25) is 0 Å². The van der Waals surface area contributed by atoms with Crippen molar-refractivity contribution < 1.29 is 18.9 Å². The van der Waals surface area contributed by atoms with Crippen molar-refractivity contribution in [2.24, 2.45) is 5.92 Å². The fourth-order valence-electron chi connectivity index (χ4n) is 3.58. The van der Waals surface area contributed by atoms with Crippen molar-refractivity contribution in [1.29, 1.82) is 0 Å². The third kappa shape index (κ3) is 3.96. The lowest BCUT2D eigenvalue weighted by Crippen LogP contribution is -2.52. The second-order valence-corrected chi connectivity index (χ2v) is 6.51. The van der Waals surface area contributed by atoms with E-state index in [0.29, 0.717) is 12.0 Å². The van der Waals surface area contributed by atoms with Crippen molar-refractivity contribution >= 4 is 0 Å². The van der Waals surface area contributed by atoms with E-state index in [-0.39, 0.29) is 11.9 Å². The first-order valence-corrected chi connectivity index (χ1v) is 8.52. The smallest absolute Gasteiger partial charge is 0.171 e. The second-order valence-electron chi connectivity index (χ2n) is 6.51. The molecule has 3 atom stereocenters. The fourth-order valence-corrected chi connectivity index (χ4v) is 3.58. The number of hydrogen-bond donors (Lipinski definition) is 1. The topological polar surface area (TPSA) is 49.0 Å². The van der Waals surface area contributed by atoms with Crippen LogP contribution < -0.4 is 5.32 Å². The minimum atomic E-state index is -0.374. The van der Waals surface area contributed by atoms with Gasteiger partial charge in [-0.2, -0.15) is 0 Å². The van der Waals surface area contributed by atoms with E-state index in [9.17, 15) is 0 Å². The summed E-state index contributed by atoms with van der Waals surface area (Å²) in [5.74, 6) is 0.182. The summed E-state index contributed by atoms with van der Waals surface area (Å²) in [6, 6.07) is 0.422. The lowest BCUT2D eigenvalue weighted by Gasteiger charge is -2.41. The highest BCUT2D eigenvalue weighted by atomic mass is 16.7. The first-order valence-electron chi connectivity index (χ1n) is 8.52. The summed E-state index contributed by atoms with van der Waals surface area (Å²) < 4.78 is 23.5. The van der Waals surface area contributed by atoms with Crippen LogP contribution in [0.15, 0.2) is 0 Å². The van der Waals surface area contributed by atoms with Crippen LogP contribution in [-0.2, 0) is 18.9 Å². The molecule has 0 aromatic heterocycles. The standard InChI is InChI=1S/C16H29NO4/c1-2-6-17-14-3-5-16(20-8-9-21-16)10-15(14)19-12-13-4-7-18-11-13/h13-15,17H,2-12H2,1H3. The van der Waals surface area contributed by atoms with Crippen LogP contribution in [0, 0.1) is 5.92 Å². The van der Waals surface area contributed by atoms with Crippen molar-refractivity contribution in [3.63, 3.8) is 0 Å². The van der Waals surface area contributed by atoms with E-state index < -0.39 is 0 Å². The van der Waals surface area contributed by atoms with E-state index in [2.05, 4.69) is 12.2 Å². The number of ether oxygens (including phenoxy) is 4. The van der Waals surface area contributed by atoms with E-state index in [0.717, 1.165) is 71.7 Å². The first kappa shape index (κ1) is 15.7. The van der Waals surface area contributed by atoms with Gasteiger partial charge in [-0.1, -0.05) is 6.92 Å². The summed E-state index contributed by atoms with van der Waals surface area (Å²) in [7, 11) is 0. The zero-order chi connectivity index (χ0) is 14.5. The van der Waals surface area contributed by atoms with Crippen LogP contribution in [0.25, 0.3) is 0 Å². The summed E-state index contributed by atoms with van der Waals surface area (Å²) in [5.41, 5.74) is 0. The molecule has 3 aliphatic rings. The SMILES string of the molecule is CCCNC1CCC2(CC1OCC1CCOC1)OCCO2.